The lowest BCUT2D eigenvalue weighted by molar-refractivity contribution is -0.159. The second kappa shape index (κ2) is 10.8. The summed E-state index contributed by atoms with van der Waals surface area (Å²) in [6.07, 6.45) is 0. The predicted octanol–water partition coefficient (Wildman–Crippen LogP) is 3.12. The van der Waals surface area contributed by atoms with Crippen LogP contribution in [0.2, 0.25) is 5.02 Å². The summed E-state index contributed by atoms with van der Waals surface area (Å²) in [7, 11) is 0. The fourth-order valence-corrected chi connectivity index (χ4v) is 3.12. The lowest BCUT2D eigenvalue weighted by Crippen LogP contribution is -2.45. The van der Waals surface area contributed by atoms with Gasteiger partial charge in [-0.25, -0.2) is 9.59 Å². The molecule has 6 nitrogen and oxygen atoms in total. The Morgan fingerprint density at radius 1 is 0.857 bits per heavy atom. The first-order valence-electron chi connectivity index (χ1n) is 9.05. The molecule has 1 saturated heterocycles. The van der Waals surface area contributed by atoms with Crippen LogP contribution in [-0.4, -0.2) is 58.1 Å². The van der Waals surface area contributed by atoms with E-state index in [1.807, 2.05) is 12.1 Å². The van der Waals surface area contributed by atoms with E-state index in [0.717, 1.165) is 44.3 Å². The highest BCUT2D eigenvalue weighted by atomic mass is 35.5. The molecule has 1 fully saturated rings. The molecule has 150 valence electrons. The second-order valence-electron chi connectivity index (χ2n) is 6.74. The molecule has 0 aromatic heterocycles. The Hall–Kier alpha value is -2.41. The van der Waals surface area contributed by atoms with Crippen molar-refractivity contribution in [1.82, 2.24) is 9.80 Å². The topological polar surface area (TPSA) is 81.1 Å². The van der Waals surface area contributed by atoms with E-state index >= 15 is 0 Å². The van der Waals surface area contributed by atoms with Crippen LogP contribution in [0.15, 0.2) is 48.5 Å². The van der Waals surface area contributed by atoms with E-state index in [0.29, 0.717) is 0 Å². The zero-order chi connectivity index (χ0) is 20.5. The minimum Gasteiger partial charge on any atom is -0.473 e. The number of carboxylic acids is 2. The van der Waals surface area contributed by atoms with Crippen molar-refractivity contribution >= 4 is 23.5 Å². The normalized spacial score (nSPS) is 14.8. The number of rotatable bonds is 4. The lowest BCUT2D eigenvalue weighted by Gasteiger charge is -2.34. The molecular formula is C21H25ClN2O4. The molecule has 1 aliphatic rings. The van der Waals surface area contributed by atoms with E-state index in [1.54, 1.807) is 0 Å². The summed E-state index contributed by atoms with van der Waals surface area (Å²) in [5, 5.41) is 15.7. The molecule has 1 heterocycles. The summed E-state index contributed by atoms with van der Waals surface area (Å²) >= 11 is 6.26. The molecule has 0 atom stereocenters. The zero-order valence-electron chi connectivity index (χ0n) is 15.8. The monoisotopic (exact) mass is 404 g/mol. The van der Waals surface area contributed by atoms with Gasteiger partial charge < -0.3 is 10.2 Å². The van der Waals surface area contributed by atoms with Crippen molar-refractivity contribution in [2.45, 2.75) is 20.0 Å². The van der Waals surface area contributed by atoms with Gasteiger partial charge in [-0.1, -0.05) is 59.6 Å². The van der Waals surface area contributed by atoms with Crippen LogP contribution in [0.3, 0.4) is 0 Å². The Bertz CT molecular complexity index is 775. The number of carboxylic acid groups (broad SMARTS) is 2. The summed E-state index contributed by atoms with van der Waals surface area (Å²) < 4.78 is 0. The molecule has 2 aromatic carbocycles. The lowest BCUT2D eigenvalue weighted by atomic mass is 10.1. The van der Waals surface area contributed by atoms with Crippen molar-refractivity contribution in [3.63, 3.8) is 0 Å². The van der Waals surface area contributed by atoms with Crippen molar-refractivity contribution in [3.05, 3.63) is 70.2 Å². The van der Waals surface area contributed by atoms with Gasteiger partial charge in [0.2, 0.25) is 0 Å². The van der Waals surface area contributed by atoms with Crippen LogP contribution in [0.1, 0.15) is 16.7 Å². The highest BCUT2D eigenvalue weighted by Crippen LogP contribution is 2.18. The summed E-state index contributed by atoms with van der Waals surface area (Å²) in [5.74, 6) is -3.65. The number of benzene rings is 2. The third kappa shape index (κ3) is 7.31. The van der Waals surface area contributed by atoms with Gasteiger partial charge in [0, 0.05) is 44.3 Å². The molecule has 7 heteroatoms. The number of carbonyl (C=O) groups is 2. The molecule has 1 aliphatic heterocycles. The number of aliphatic carboxylic acids is 2. The average molecular weight is 405 g/mol. The van der Waals surface area contributed by atoms with E-state index in [-0.39, 0.29) is 0 Å². The van der Waals surface area contributed by atoms with E-state index in [9.17, 15) is 0 Å². The fraction of sp³-hybridized carbons (Fsp3) is 0.333. The van der Waals surface area contributed by atoms with Gasteiger partial charge in [0.15, 0.2) is 0 Å². The molecule has 0 spiro atoms. The van der Waals surface area contributed by atoms with E-state index < -0.39 is 11.9 Å². The fourth-order valence-electron chi connectivity index (χ4n) is 2.92. The maximum atomic E-state index is 9.10. The summed E-state index contributed by atoms with van der Waals surface area (Å²) in [5.41, 5.74) is 3.97. The van der Waals surface area contributed by atoms with Crippen LogP contribution in [0.4, 0.5) is 0 Å². The molecule has 0 amide bonds. The molecule has 0 saturated carbocycles. The molecule has 3 rings (SSSR count). The first-order valence-corrected chi connectivity index (χ1v) is 9.43. The summed E-state index contributed by atoms with van der Waals surface area (Å²) in [6.45, 7) is 8.61. The Balaban J connectivity index is 0.000000409. The second-order valence-corrected chi connectivity index (χ2v) is 7.15. The Morgan fingerprint density at radius 2 is 1.36 bits per heavy atom. The van der Waals surface area contributed by atoms with Crippen LogP contribution in [0, 0.1) is 6.92 Å². The number of hydrogen-bond acceptors (Lipinski definition) is 4. The van der Waals surface area contributed by atoms with Crippen LogP contribution in [-0.2, 0) is 22.7 Å². The molecular weight excluding hydrogens is 380 g/mol. The molecule has 28 heavy (non-hydrogen) atoms. The highest BCUT2D eigenvalue weighted by Gasteiger charge is 2.17. The minimum atomic E-state index is -1.82. The third-order valence-electron chi connectivity index (χ3n) is 4.53. The van der Waals surface area contributed by atoms with Crippen molar-refractivity contribution in [2.24, 2.45) is 0 Å². The Labute approximate surface area is 170 Å². The van der Waals surface area contributed by atoms with Gasteiger partial charge in [-0.2, -0.15) is 0 Å². The minimum absolute atomic E-state index is 0.879. The van der Waals surface area contributed by atoms with E-state index in [1.165, 1.54) is 16.7 Å². The van der Waals surface area contributed by atoms with Crippen LogP contribution in [0.25, 0.3) is 0 Å². The van der Waals surface area contributed by atoms with Crippen LogP contribution >= 0.6 is 11.6 Å². The van der Waals surface area contributed by atoms with Crippen molar-refractivity contribution < 1.29 is 19.8 Å². The average Bonchev–Trinajstić information content (AvgIpc) is 2.67. The molecule has 0 unspecified atom stereocenters. The Kier molecular flexibility index (Phi) is 8.44. The van der Waals surface area contributed by atoms with Gasteiger partial charge >= 0.3 is 11.9 Å². The smallest absolute Gasteiger partial charge is 0.414 e. The Morgan fingerprint density at radius 3 is 1.86 bits per heavy atom. The maximum absolute atomic E-state index is 9.10. The van der Waals surface area contributed by atoms with Gasteiger partial charge in [-0.3, -0.25) is 9.80 Å². The van der Waals surface area contributed by atoms with Crippen molar-refractivity contribution in [1.29, 1.82) is 0 Å². The summed E-state index contributed by atoms with van der Waals surface area (Å²) in [4.78, 5) is 23.2. The maximum Gasteiger partial charge on any atom is 0.414 e. The first-order chi connectivity index (χ1) is 13.3. The predicted molar refractivity (Wildman–Crippen MR) is 108 cm³/mol. The third-order valence-corrected chi connectivity index (χ3v) is 4.90. The quantitative estimate of drug-likeness (QED) is 0.762. The standard InChI is InChI=1S/C19H23ClN2.C2H2O4/c1-16-6-8-17(9-7-16)14-21-10-12-22(13-11-21)15-18-4-2-3-5-19(18)20;3-1(4)2(5)6/h2-9H,10-15H2,1H3;(H,3,4)(H,5,6). The summed E-state index contributed by atoms with van der Waals surface area (Å²) in [6, 6.07) is 17.0. The van der Waals surface area contributed by atoms with Gasteiger partial charge in [-0.15, -0.1) is 0 Å². The number of hydrogen-bond donors (Lipinski definition) is 2. The molecule has 2 N–H and O–H groups in total. The van der Waals surface area contributed by atoms with Gasteiger partial charge in [0.1, 0.15) is 0 Å². The SMILES string of the molecule is Cc1ccc(CN2CCN(Cc3ccccc3Cl)CC2)cc1.O=C(O)C(=O)O. The van der Waals surface area contributed by atoms with Gasteiger partial charge in [0.25, 0.3) is 0 Å². The van der Waals surface area contributed by atoms with Crippen LogP contribution < -0.4 is 0 Å². The number of halogens is 1. The zero-order valence-corrected chi connectivity index (χ0v) is 16.6. The first kappa shape index (κ1) is 21.9. The molecule has 2 aromatic rings. The number of nitrogens with zero attached hydrogens (tertiary/aromatic N) is 2. The largest absolute Gasteiger partial charge is 0.473 e. The number of piperazine rings is 1. The van der Waals surface area contributed by atoms with Crippen LogP contribution in [0.5, 0.6) is 0 Å². The van der Waals surface area contributed by atoms with Crippen molar-refractivity contribution in [2.75, 3.05) is 26.2 Å². The van der Waals surface area contributed by atoms with Gasteiger partial charge in [-0.05, 0) is 24.1 Å². The molecule has 0 radical (unpaired) electrons. The van der Waals surface area contributed by atoms with E-state index in [4.69, 9.17) is 31.4 Å². The molecule has 0 aliphatic carbocycles. The number of aryl methyl sites for hydroxylation is 1. The van der Waals surface area contributed by atoms with Gasteiger partial charge in [0.05, 0.1) is 0 Å². The van der Waals surface area contributed by atoms with Crippen molar-refractivity contribution in [3.8, 4) is 0 Å². The van der Waals surface area contributed by atoms with E-state index in [2.05, 4.69) is 53.1 Å². The highest BCUT2D eigenvalue weighted by molar-refractivity contribution is 6.31. The molecule has 0 bridgehead atoms.